The Labute approximate surface area is 163 Å². The minimum atomic E-state index is -0.611. The zero-order valence-electron chi connectivity index (χ0n) is 16.8. The summed E-state index contributed by atoms with van der Waals surface area (Å²) in [5.41, 5.74) is 2.87. The van der Waals surface area contributed by atoms with Crippen molar-refractivity contribution in [2.75, 3.05) is 20.2 Å². The fraction of sp³-hybridized carbons (Fsp3) is 0.400. The fourth-order valence-corrected chi connectivity index (χ4v) is 3.89. The molecule has 2 aliphatic rings. The number of imidazole rings is 1. The molecule has 8 heteroatoms. The molecule has 2 aromatic rings. The lowest BCUT2D eigenvalue weighted by molar-refractivity contribution is -0.682. The summed E-state index contributed by atoms with van der Waals surface area (Å²) in [5, 5.41) is 0. The fourth-order valence-electron chi connectivity index (χ4n) is 3.89. The molecule has 1 atom stereocenters. The van der Waals surface area contributed by atoms with Gasteiger partial charge >= 0.3 is 12.0 Å². The van der Waals surface area contributed by atoms with E-state index in [1.807, 2.05) is 54.2 Å². The molecule has 0 saturated carbocycles. The Kier molecular flexibility index (Phi) is 4.21. The molecule has 1 aromatic heterocycles. The molecule has 1 saturated heterocycles. The Morgan fingerprint density at radius 1 is 1.14 bits per heavy atom. The number of hydrogen-bond acceptors (Lipinski definition) is 4. The van der Waals surface area contributed by atoms with E-state index < -0.39 is 6.04 Å². The summed E-state index contributed by atoms with van der Waals surface area (Å²) in [4.78, 5) is 33.0. The number of imide groups is 1. The lowest BCUT2D eigenvalue weighted by Gasteiger charge is -2.32. The monoisotopic (exact) mass is 382 g/mol. The van der Waals surface area contributed by atoms with Gasteiger partial charge in [0, 0.05) is 13.6 Å². The number of nitrogens with zero attached hydrogens (tertiary/aromatic N) is 5. The first-order valence-corrected chi connectivity index (χ1v) is 9.45. The van der Waals surface area contributed by atoms with Crippen LogP contribution in [-0.4, -0.2) is 52.3 Å². The van der Waals surface area contributed by atoms with E-state index in [1.54, 1.807) is 14.0 Å². The minimum Gasteiger partial charge on any atom is -0.494 e. The molecule has 28 heavy (non-hydrogen) atoms. The average molecular weight is 382 g/mol. The van der Waals surface area contributed by atoms with E-state index in [-0.39, 0.29) is 11.9 Å². The number of carbonyl (C=O) groups excluding carboxylic acids is 2. The quantitative estimate of drug-likeness (QED) is 0.762. The molecule has 4 rings (SSSR count). The van der Waals surface area contributed by atoms with Crippen molar-refractivity contribution in [3.63, 3.8) is 0 Å². The van der Waals surface area contributed by atoms with Crippen molar-refractivity contribution in [1.29, 1.82) is 0 Å². The molecule has 0 N–H and O–H groups in total. The van der Waals surface area contributed by atoms with Gasteiger partial charge < -0.3 is 4.74 Å². The minimum absolute atomic E-state index is 0.236. The van der Waals surface area contributed by atoms with Crippen LogP contribution in [0, 0.1) is 13.8 Å². The summed E-state index contributed by atoms with van der Waals surface area (Å²) >= 11 is 0. The van der Waals surface area contributed by atoms with Crippen molar-refractivity contribution < 1.29 is 18.9 Å². The molecule has 0 radical (unpaired) electrons. The van der Waals surface area contributed by atoms with Gasteiger partial charge in [-0.3, -0.25) is 14.6 Å². The SMILES string of the molecule is CCOc1ccc(-n2c(C)c(C)[n+]3c2N=C2C3C(=O)N(CC)C(=O)N2C)cc1. The van der Waals surface area contributed by atoms with E-state index in [0.717, 1.165) is 22.8 Å². The molecule has 0 spiro atoms. The Hall–Kier alpha value is -3.16. The van der Waals surface area contributed by atoms with Gasteiger partial charge in [0.25, 0.3) is 5.91 Å². The highest BCUT2D eigenvalue weighted by molar-refractivity contribution is 6.19. The highest BCUT2D eigenvalue weighted by Gasteiger charge is 2.53. The number of likely N-dealkylation sites (N-methyl/N-ethyl adjacent to an activating group) is 2. The highest BCUT2D eigenvalue weighted by atomic mass is 16.5. The van der Waals surface area contributed by atoms with E-state index in [9.17, 15) is 9.59 Å². The maximum absolute atomic E-state index is 13.0. The van der Waals surface area contributed by atoms with Gasteiger partial charge in [-0.1, -0.05) is 4.99 Å². The van der Waals surface area contributed by atoms with Crippen LogP contribution in [0.1, 0.15) is 31.3 Å². The van der Waals surface area contributed by atoms with Crippen LogP contribution in [0.4, 0.5) is 10.7 Å². The van der Waals surface area contributed by atoms with Gasteiger partial charge in [0.2, 0.25) is 11.9 Å². The number of rotatable bonds is 4. The van der Waals surface area contributed by atoms with Crippen molar-refractivity contribution in [2.24, 2.45) is 4.99 Å². The van der Waals surface area contributed by atoms with Gasteiger partial charge in [-0.15, -0.1) is 0 Å². The second kappa shape index (κ2) is 6.47. The molecular formula is C20H24N5O3+. The molecule has 0 aliphatic carbocycles. The third-order valence-corrected chi connectivity index (χ3v) is 5.44. The van der Waals surface area contributed by atoms with E-state index in [1.165, 1.54) is 9.80 Å². The van der Waals surface area contributed by atoms with Gasteiger partial charge in [0.1, 0.15) is 22.8 Å². The number of carbonyl (C=O) groups is 2. The summed E-state index contributed by atoms with van der Waals surface area (Å²) in [5.74, 6) is 1.68. The molecule has 3 heterocycles. The summed E-state index contributed by atoms with van der Waals surface area (Å²) in [6.07, 6.45) is 0. The second-order valence-corrected chi connectivity index (χ2v) is 6.90. The molecule has 1 unspecified atom stereocenters. The van der Waals surface area contributed by atoms with Crippen LogP contribution >= 0.6 is 0 Å². The first kappa shape index (κ1) is 18.2. The number of benzene rings is 1. The van der Waals surface area contributed by atoms with Crippen LogP contribution in [0.3, 0.4) is 0 Å². The van der Waals surface area contributed by atoms with Gasteiger partial charge in [-0.25, -0.2) is 9.36 Å². The van der Waals surface area contributed by atoms with Crippen molar-refractivity contribution in [2.45, 2.75) is 33.7 Å². The number of hydrogen-bond donors (Lipinski definition) is 0. The first-order valence-electron chi connectivity index (χ1n) is 9.45. The van der Waals surface area contributed by atoms with E-state index in [2.05, 4.69) is 0 Å². The third kappa shape index (κ3) is 2.37. The first-order chi connectivity index (χ1) is 13.4. The molecular weight excluding hydrogens is 358 g/mol. The Bertz CT molecular complexity index is 1010. The molecule has 146 valence electrons. The molecule has 2 aliphatic heterocycles. The number of amidine groups is 1. The van der Waals surface area contributed by atoms with Gasteiger partial charge in [0.15, 0.2) is 0 Å². The number of aliphatic imine (C=N–C) groups is 1. The van der Waals surface area contributed by atoms with Gasteiger partial charge in [-0.2, -0.15) is 4.57 Å². The molecule has 3 amide bonds. The van der Waals surface area contributed by atoms with Crippen LogP contribution < -0.4 is 9.30 Å². The maximum Gasteiger partial charge on any atom is 0.407 e. The van der Waals surface area contributed by atoms with Crippen LogP contribution in [0.2, 0.25) is 0 Å². The average Bonchev–Trinajstić information content (AvgIpc) is 3.18. The standard InChI is InChI=1S/C20H24N5O3/c1-6-23-18(26)16-17(22(5)20(23)27)21-19-24(12(3)13(4)25(16)19)14-8-10-15(11-9-14)28-7-2/h8-11,16H,6-7H2,1-5H3/q+1. The lowest BCUT2D eigenvalue weighted by Crippen LogP contribution is -2.63. The lowest BCUT2D eigenvalue weighted by atomic mass is 10.1. The maximum atomic E-state index is 13.0. The normalized spacial score (nSPS) is 18.3. The summed E-state index contributed by atoms with van der Waals surface area (Å²) in [6.45, 7) is 8.67. The summed E-state index contributed by atoms with van der Waals surface area (Å²) in [7, 11) is 1.67. The highest BCUT2D eigenvalue weighted by Crippen LogP contribution is 2.33. The van der Waals surface area contributed by atoms with Crippen molar-refractivity contribution >= 4 is 23.7 Å². The Morgan fingerprint density at radius 2 is 1.82 bits per heavy atom. The van der Waals surface area contributed by atoms with E-state index in [4.69, 9.17) is 9.73 Å². The largest absolute Gasteiger partial charge is 0.494 e. The topological polar surface area (TPSA) is 71.0 Å². The Morgan fingerprint density at radius 3 is 2.43 bits per heavy atom. The number of amides is 3. The van der Waals surface area contributed by atoms with Crippen molar-refractivity contribution in [3.8, 4) is 11.4 Å². The van der Waals surface area contributed by atoms with Crippen LogP contribution in [0.25, 0.3) is 5.69 Å². The van der Waals surface area contributed by atoms with Crippen LogP contribution in [-0.2, 0) is 4.79 Å². The van der Waals surface area contributed by atoms with Crippen molar-refractivity contribution in [1.82, 2.24) is 14.4 Å². The molecule has 1 fully saturated rings. The number of ether oxygens (including phenoxy) is 1. The van der Waals surface area contributed by atoms with Gasteiger partial charge in [-0.05, 0) is 52.0 Å². The number of urea groups is 1. The van der Waals surface area contributed by atoms with Crippen molar-refractivity contribution in [3.05, 3.63) is 35.7 Å². The van der Waals surface area contributed by atoms with Gasteiger partial charge in [0.05, 0.1) is 6.61 Å². The zero-order chi connectivity index (χ0) is 20.2. The van der Waals surface area contributed by atoms with Crippen LogP contribution in [0.15, 0.2) is 29.3 Å². The zero-order valence-corrected chi connectivity index (χ0v) is 16.8. The molecule has 0 bridgehead atoms. The molecule has 8 nitrogen and oxygen atoms in total. The predicted octanol–water partition coefficient (Wildman–Crippen LogP) is 2.28. The van der Waals surface area contributed by atoms with Crippen LogP contribution in [0.5, 0.6) is 5.75 Å². The number of aromatic nitrogens is 2. The number of fused-ring (bicyclic) bond motifs is 3. The second-order valence-electron chi connectivity index (χ2n) is 6.90. The smallest absolute Gasteiger partial charge is 0.407 e. The summed E-state index contributed by atoms with van der Waals surface area (Å²) in [6, 6.07) is 6.82. The Balaban J connectivity index is 1.86. The predicted molar refractivity (Wildman–Crippen MR) is 103 cm³/mol. The van der Waals surface area contributed by atoms with E-state index in [0.29, 0.717) is 24.9 Å². The molecule has 1 aromatic carbocycles. The third-order valence-electron chi connectivity index (χ3n) is 5.44. The van der Waals surface area contributed by atoms with E-state index >= 15 is 0 Å². The summed E-state index contributed by atoms with van der Waals surface area (Å²) < 4.78 is 9.47.